The molecule has 1 saturated heterocycles. The largest absolute Gasteiger partial charge is 0.493 e. The first-order chi connectivity index (χ1) is 15.4. The number of methoxy groups -OCH3 is 2. The lowest BCUT2D eigenvalue weighted by molar-refractivity contribution is -0.134. The van der Waals surface area contributed by atoms with Gasteiger partial charge in [0.15, 0.2) is 11.5 Å². The molecule has 0 unspecified atom stereocenters. The molecular formula is C23H31N3O5S. The third-order valence-electron chi connectivity index (χ3n) is 5.67. The lowest BCUT2D eigenvalue weighted by atomic mass is 10.1. The number of sulfonamides is 1. The number of amides is 1. The molecule has 174 valence electrons. The molecule has 0 bridgehead atoms. The average Bonchev–Trinajstić information content (AvgIpc) is 2.83. The van der Waals surface area contributed by atoms with E-state index in [1.807, 2.05) is 30.3 Å². The van der Waals surface area contributed by atoms with Crippen LogP contribution < -0.4 is 14.2 Å². The van der Waals surface area contributed by atoms with E-state index in [2.05, 4.69) is 16.5 Å². The molecule has 1 aliphatic rings. The van der Waals surface area contributed by atoms with Crippen LogP contribution in [0, 0.1) is 0 Å². The number of likely N-dealkylation sites (N-methyl/N-ethyl adjacent to an activating group) is 1. The summed E-state index contributed by atoms with van der Waals surface area (Å²) in [6, 6.07) is 12.9. The number of nitrogens with zero attached hydrogens (tertiary/aromatic N) is 2. The van der Waals surface area contributed by atoms with Crippen LogP contribution in [0.15, 0.2) is 53.4 Å². The van der Waals surface area contributed by atoms with E-state index in [0.717, 1.165) is 25.2 Å². The first-order valence-corrected chi connectivity index (χ1v) is 12.2. The minimum Gasteiger partial charge on any atom is -0.493 e. The molecule has 0 saturated carbocycles. The van der Waals surface area contributed by atoms with Crippen LogP contribution in [-0.4, -0.2) is 77.1 Å². The predicted molar refractivity (Wildman–Crippen MR) is 122 cm³/mol. The fourth-order valence-electron chi connectivity index (χ4n) is 3.77. The number of nitrogens with one attached hydrogen (secondary N) is 1. The van der Waals surface area contributed by atoms with E-state index in [1.165, 1.54) is 32.4 Å². The Labute approximate surface area is 190 Å². The van der Waals surface area contributed by atoms with E-state index >= 15 is 0 Å². The number of ether oxygens (including phenoxy) is 2. The molecule has 8 nitrogen and oxygen atoms in total. The molecule has 0 radical (unpaired) electrons. The van der Waals surface area contributed by atoms with Gasteiger partial charge in [0.2, 0.25) is 15.9 Å². The molecule has 0 aliphatic carbocycles. The highest BCUT2D eigenvalue weighted by molar-refractivity contribution is 7.89. The number of rotatable bonds is 9. The number of carbonyl (C=O) groups excluding carboxylic acids is 1. The number of benzene rings is 2. The summed E-state index contributed by atoms with van der Waals surface area (Å²) < 4.78 is 39.5. The van der Waals surface area contributed by atoms with Crippen LogP contribution in [0.5, 0.6) is 11.5 Å². The standard InChI is InChI=1S/C23H31N3O5S/c1-4-25-12-14-26(15-13-25)23(27)20(16-18-8-6-5-7-9-18)24-32(28,29)19-10-11-21(30-2)22(17-19)31-3/h5-11,17,20,24H,4,12-16H2,1-3H3/t20-/m1/s1. The van der Waals surface area contributed by atoms with Gasteiger partial charge in [-0.15, -0.1) is 0 Å². The van der Waals surface area contributed by atoms with Gasteiger partial charge in [0, 0.05) is 32.2 Å². The molecule has 9 heteroatoms. The summed E-state index contributed by atoms with van der Waals surface area (Å²) >= 11 is 0. The topological polar surface area (TPSA) is 88.2 Å². The molecular weight excluding hydrogens is 430 g/mol. The van der Waals surface area contributed by atoms with Gasteiger partial charge in [0.05, 0.1) is 19.1 Å². The zero-order valence-corrected chi connectivity index (χ0v) is 19.6. The summed E-state index contributed by atoms with van der Waals surface area (Å²) in [6.45, 7) is 5.74. The molecule has 2 aromatic rings. The molecule has 3 rings (SSSR count). The quantitative estimate of drug-likeness (QED) is 0.612. The lowest BCUT2D eigenvalue weighted by Gasteiger charge is -2.36. The number of hydrogen-bond donors (Lipinski definition) is 1. The van der Waals surface area contributed by atoms with Gasteiger partial charge >= 0.3 is 0 Å². The van der Waals surface area contributed by atoms with Crippen molar-refractivity contribution in [1.29, 1.82) is 0 Å². The van der Waals surface area contributed by atoms with Gasteiger partial charge in [0.1, 0.15) is 6.04 Å². The molecule has 2 aromatic carbocycles. The van der Waals surface area contributed by atoms with Crippen molar-refractivity contribution in [2.24, 2.45) is 0 Å². The predicted octanol–water partition coefficient (Wildman–Crippen LogP) is 1.76. The smallest absolute Gasteiger partial charge is 0.241 e. The second-order valence-electron chi connectivity index (χ2n) is 7.64. The monoisotopic (exact) mass is 461 g/mol. The number of hydrogen-bond acceptors (Lipinski definition) is 6. The summed E-state index contributed by atoms with van der Waals surface area (Å²) in [4.78, 5) is 17.4. The summed E-state index contributed by atoms with van der Waals surface area (Å²) in [7, 11) is -1.05. The fraction of sp³-hybridized carbons (Fsp3) is 0.435. The molecule has 1 N–H and O–H groups in total. The second kappa shape index (κ2) is 10.8. The van der Waals surface area contributed by atoms with Crippen LogP contribution in [0.25, 0.3) is 0 Å². The second-order valence-corrected chi connectivity index (χ2v) is 9.35. The highest BCUT2D eigenvalue weighted by Gasteiger charge is 2.31. The molecule has 1 aliphatic heterocycles. The number of carbonyl (C=O) groups is 1. The van der Waals surface area contributed by atoms with E-state index in [4.69, 9.17) is 9.47 Å². The Balaban J connectivity index is 1.85. The van der Waals surface area contributed by atoms with Crippen molar-refractivity contribution >= 4 is 15.9 Å². The van der Waals surface area contributed by atoms with Gasteiger partial charge in [-0.3, -0.25) is 4.79 Å². The van der Waals surface area contributed by atoms with Crippen molar-refractivity contribution in [3.8, 4) is 11.5 Å². The first-order valence-electron chi connectivity index (χ1n) is 10.7. The zero-order valence-electron chi connectivity index (χ0n) is 18.8. The Kier molecular flexibility index (Phi) is 8.11. The van der Waals surface area contributed by atoms with E-state index in [0.29, 0.717) is 24.6 Å². The van der Waals surface area contributed by atoms with Crippen molar-refractivity contribution in [2.45, 2.75) is 24.3 Å². The maximum absolute atomic E-state index is 13.4. The van der Waals surface area contributed by atoms with E-state index in [9.17, 15) is 13.2 Å². The van der Waals surface area contributed by atoms with Crippen LogP contribution in [0.3, 0.4) is 0 Å². The van der Waals surface area contributed by atoms with Gasteiger partial charge in [-0.1, -0.05) is 37.3 Å². The van der Waals surface area contributed by atoms with Gasteiger partial charge in [-0.25, -0.2) is 8.42 Å². The maximum Gasteiger partial charge on any atom is 0.241 e. The molecule has 0 spiro atoms. The summed E-state index contributed by atoms with van der Waals surface area (Å²) in [6.07, 6.45) is 0.264. The molecule has 0 aromatic heterocycles. The Bertz CT molecular complexity index is 1010. The Morgan fingerprint density at radius 3 is 2.25 bits per heavy atom. The van der Waals surface area contributed by atoms with Crippen molar-refractivity contribution in [1.82, 2.24) is 14.5 Å². The van der Waals surface area contributed by atoms with Gasteiger partial charge in [-0.2, -0.15) is 4.72 Å². The first kappa shape index (κ1) is 24.0. The summed E-state index contributed by atoms with van der Waals surface area (Å²) in [5, 5.41) is 0. The van der Waals surface area contributed by atoms with E-state index in [1.54, 1.807) is 4.90 Å². The minimum absolute atomic E-state index is 0.0109. The van der Waals surface area contributed by atoms with Gasteiger partial charge < -0.3 is 19.3 Å². The van der Waals surface area contributed by atoms with Crippen LogP contribution in [0.4, 0.5) is 0 Å². The maximum atomic E-state index is 13.4. The van der Waals surface area contributed by atoms with Crippen LogP contribution in [-0.2, 0) is 21.2 Å². The van der Waals surface area contributed by atoms with Gasteiger partial charge in [0.25, 0.3) is 0 Å². The molecule has 1 fully saturated rings. The van der Waals surface area contributed by atoms with Crippen LogP contribution >= 0.6 is 0 Å². The zero-order chi connectivity index (χ0) is 23.1. The molecule has 1 heterocycles. The van der Waals surface area contributed by atoms with E-state index in [-0.39, 0.29) is 17.2 Å². The lowest BCUT2D eigenvalue weighted by Crippen LogP contribution is -2.55. The van der Waals surface area contributed by atoms with Gasteiger partial charge in [-0.05, 0) is 30.7 Å². The number of piperazine rings is 1. The minimum atomic E-state index is -3.98. The normalized spacial score (nSPS) is 15.9. The SMILES string of the molecule is CCN1CCN(C(=O)[C@@H](Cc2ccccc2)NS(=O)(=O)c2ccc(OC)c(OC)c2)CC1. The average molecular weight is 462 g/mol. The Morgan fingerprint density at radius 1 is 1.00 bits per heavy atom. The Hall–Kier alpha value is -2.62. The highest BCUT2D eigenvalue weighted by atomic mass is 32.2. The molecule has 32 heavy (non-hydrogen) atoms. The Morgan fingerprint density at radius 2 is 1.66 bits per heavy atom. The third kappa shape index (κ3) is 5.79. The van der Waals surface area contributed by atoms with E-state index < -0.39 is 16.1 Å². The molecule has 1 amide bonds. The summed E-state index contributed by atoms with van der Waals surface area (Å²) in [5.41, 5.74) is 0.882. The van der Waals surface area contributed by atoms with Crippen molar-refractivity contribution in [3.63, 3.8) is 0 Å². The van der Waals surface area contributed by atoms with Crippen LogP contribution in [0.1, 0.15) is 12.5 Å². The summed E-state index contributed by atoms with van der Waals surface area (Å²) in [5.74, 6) is 0.516. The van der Waals surface area contributed by atoms with Crippen molar-refractivity contribution < 1.29 is 22.7 Å². The highest BCUT2D eigenvalue weighted by Crippen LogP contribution is 2.29. The van der Waals surface area contributed by atoms with Crippen molar-refractivity contribution in [2.75, 3.05) is 46.9 Å². The van der Waals surface area contributed by atoms with Crippen molar-refractivity contribution in [3.05, 3.63) is 54.1 Å². The third-order valence-corrected chi connectivity index (χ3v) is 7.14. The fourth-order valence-corrected chi connectivity index (χ4v) is 4.98. The molecule has 1 atom stereocenters. The van der Waals surface area contributed by atoms with Crippen LogP contribution in [0.2, 0.25) is 0 Å².